The normalized spacial score (nSPS) is 19.0. The Hall–Kier alpha value is -2.65. The summed E-state index contributed by atoms with van der Waals surface area (Å²) in [5.41, 5.74) is 1.61. The molecule has 2 aromatic carbocycles. The number of aliphatic hydroxyl groups is 1. The smallest absolute Gasteiger partial charge is 0.338 e. The summed E-state index contributed by atoms with van der Waals surface area (Å²) in [4.78, 5) is 15.0. The van der Waals surface area contributed by atoms with Gasteiger partial charge >= 0.3 is 5.97 Å². The van der Waals surface area contributed by atoms with Crippen LogP contribution >= 0.6 is 0 Å². The number of quaternary nitrogens is 2. The number of hydrogen-bond donors (Lipinski definition) is 3. The maximum atomic E-state index is 12.3. The van der Waals surface area contributed by atoms with E-state index in [1.165, 1.54) is 15.5 Å². The van der Waals surface area contributed by atoms with Gasteiger partial charge in [-0.3, -0.25) is 4.90 Å². The summed E-state index contributed by atoms with van der Waals surface area (Å²) in [7, 11) is 1.70. The zero-order chi connectivity index (χ0) is 24.3. The first-order valence-corrected chi connectivity index (χ1v) is 12.0. The number of hydrogen-bond acceptors (Lipinski definition) is 6. The number of carbonyl (C=O) groups is 1. The molecule has 1 aliphatic heterocycles. The zero-order valence-corrected chi connectivity index (χ0v) is 20.4. The van der Waals surface area contributed by atoms with Crippen molar-refractivity contribution in [3.8, 4) is 11.5 Å². The van der Waals surface area contributed by atoms with Crippen LogP contribution in [0.4, 0.5) is 5.69 Å². The summed E-state index contributed by atoms with van der Waals surface area (Å²) in [5, 5.41) is 10.4. The third kappa shape index (κ3) is 7.99. The molecule has 0 spiro atoms. The lowest BCUT2D eigenvalue weighted by atomic mass is 10.2. The van der Waals surface area contributed by atoms with Crippen LogP contribution in [0.15, 0.2) is 48.5 Å². The van der Waals surface area contributed by atoms with Gasteiger partial charge in [0.1, 0.15) is 57.8 Å². The number of benzene rings is 2. The maximum Gasteiger partial charge on any atom is 0.338 e. The van der Waals surface area contributed by atoms with E-state index in [2.05, 4.69) is 6.07 Å². The molecule has 8 nitrogen and oxygen atoms in total. The third-order valence-corrected chi connectivity index (χ3v) is 5.87. The first kappa shape index (κ1) is 26.0. The van der Waals surface area contributed by atoms with Crippen LogP contribution in [-0.4, -0.2) is 82.9 Å². The minimum absolute atomic E-state index is 0.0177. The second-order valence-electron chi connectivity index (χ2n) is 8.80. The molecule has 1 aliphatic rings. The van der Waals surface area contributed by atoms with Crippen molar-refractivity contribution >= 4 is 11.7 Å². The summed E-state index contributed by atoms with van der Waals surface area (Å²) >= 11 is 0. The number of piperazine rings is 1. The van der Waals surface area contributed by atoms with Crippen molar-refractivity contribution in [1.82, 2.24) is 0 Å². The Morgan fingerprint density at radius 2 is 1.71 bits per heavy atom. The van der Waals surface area contributed by atoms with Crippen molar-refractivity contribution in [2.24, 2.45) is 0 Å². The summed E-state index contributed by atoms with van der Waals surface area (Å²) in [5.74, 6) is 1.13. The second-order valence-corrected chi connectivity index (χ2v) is 8.80. The number of aliphatic hydroxyl groups excluding tert-OH is 1. The van der Waals surface area contributed by atoms with E-state index in [1.54, 1.807) is 31.4 Å². The molecule has 1 atom stereocenters. The topological polar surface area (TPSA) is 83.1 Å². The van der Waals surface area contributed by atoms with Crippen LogP contribution in [0, 0.1) is 0 Å². The van der Waals surface area contributed by atoms with Crippen molar-refractivity contribution in [2.75, 3.05) is 59.7 Å². The average molecular weight is 475 g/mol. The predicted octanol–water partition coefficient (Wildman–Crippen LogP) is 0.132. The highest BCUT2D eigenvalue weighted by Gasteiger charge is 2.28. The molecule has 1 saturated heterocycles. The number of carbonyl (C=O) groups excluding carboxylic acids is 1. The lowest BCUT2D eigenvalue weighted by Gasteiger charge is -2.30. The Labute approximate surface area is 202 Å². The molecular formula is C26H38N2O6+2. The number of para-hydroxylation sites is 2. The lowest BCUT2D eigenvalue weighted by molar-refractivity contribution is -0.988. The Morgan fingerprint density at radius 3 is 2.38 bits per heavy atom. The molecule has 0 radical (unpaired) electrons. The van der Waals surface area contributed by atoms with Gasteiger partial charge in [0.05, 0.1) is 25.4 Å². The van der Waals surface area contributed by atoms with Gasteiger partial charge in [-0.25, -0.2) is 4.79 Å². The molecule has 8 heteroatoms. The van der Waals surface area contributed by atoms with Crippen LogP contribution < -0.4 is 19.3 Å². The van der Waals surface area contributed by atoms with E-state index in [0.717, 1.165) is 31.9 Å². The van der Waals surface area contributed by atoms with Crippen LogP contribution in [0.2, 0.25) is 0 Å². The molecule has 1 unspecified atom stereocenters. The molecule has 1 fully saturated rings. The van der Waals surface area contributed by atoms with Crippen molar-refractivity contribution in [3.63, 3.8) is 0 Å². The minimum Gasteiger partial charge on any atom is -0.491 e. The summed E-state index contributed by atoms with van der Waals surface area (Å²) < 4.78 is 21.9. The molecule has 0 aromatic heterocycles. The summed E-state index contributed by atoms with van der Waals surface area (Å²) in [6.07, 6.45) is -0.530. The van der Waals surface area contributed by atoms with Gasteiger partial charge < -0.3 is 29.0 Å². The largest absolute Gasteiger partial charge is 0.491 e. The number of esters is 1. The molecule has 186 valence electrons. The second kappa shape index (κ2) is 13.3. The van der Waals surface area contributed by atoms with Crippen molar-refractivity contribution in [3.05, 3.63) is 54.1 Å². The third-order valence-electron chi connectivity index (χ3n) is 5.87. The molecular weight excluding hydrogens is 436 g/mol. The molecule has 0 saturated carbocycles. The maximum absolute atomic E-state index is 12.3. The van der Waals surface area contributed by atoms with E-state index in [1.807, 2.05) is 32.0 Å². The highest BCUT2D eigenvalue weighted by Crippen LogP contribution is 2.18. The van der Waals surface area contributed by atoms with E-state index >= 15 is 0 Å². The predicted molar refractivity (Wildman–Crippen MR) is 128 cm³/mol. The van der Waals surface area contributed by atoms with Crippen LogP contribution in [0.25, 0.3) is 0 Å². The number of ether oxygens (including phenoxy) is 4. The Balaban J connectivity index is 1.36. The van der Waals surface area contributed by atoms with E-state index in [9.17, 15) is 9.90 Å². The van der Waals surface area contributed by atoms with E-state index in [-0.39, 0.29) is 12.7 Å². The Bertz CT molecular complexity index is 881. The summed E-state index contributed by atoms with van der Waals surface area (Å²) in [6.45, 7) is 9.23. The molecule has 34 heavy (non-hydrogen) atoms. The van der Waals surface area contributed by atoms with Crippen molar-refractivity contribution in [2.45, 2.75) is 26.1 Å². The minimum atomic E-state index is -0.699. The Morgan fingerprint density at radius 1 is 1.00 bits per heavy atom. The van der Waals surface area contributed by atoms with Crippen molar-refractivity contribution in [1.29, 1.82) is 0 Å². The first-order chi connectivity index (χ1) is 16.5. The average Bonchev–Trinajstić information content (AvgIpc) is 2.86. The molecule has 0 aliphatic carbocycles. The fourth-order valence-electron chi connectivity index (χ4n) is 4.09. The monoisotopic (exact) mass is 474 g/mol. The van der Waals surface area contributed by atoms with Crippen molar-refractivity contribution < 1.29 is 38.6 Å². The number of methoxy groups -OCH3 is 1. The van der Waals surface area contributed by atoms with Gasteiger partial charge in [-0.05, 0) is 44.2 Å². The molecule has 0 bridgehead atoms. The molecule has 2 aromatic rings. The van der Waals surface area contributed by atoms with Crippen LogP contribution in [-0.2, 0) is 9.47 Å². The van der Waals surface area contributed by atoms with Crippen LogP contribution in [0.3, 0.4) is 0 Å². The standard InChI is InChI=1S/C26H36N2O6/c1-20(2)32-16-17-33-23-10-8-21(9-11-23)26(30)34-19-22(29)18-27-12-14-28(15-13-27)24-6-4-5-7-25(24)31-3/h4-11,20,22,29H,12-19H2,1-3H3/p+2. The highest BCUT2D eigenvalue weighted by molar-refractivity contribution is 5.89. The lowest BCUT2D eigenvalue weighted by Crippen LogP contribution is -3.26. The van der Waals surface area contributed by atoms with Gasteiger partial charge in [-0.15, -0.1) is 0 Å². The van der Waals surface area contributed by atoms with Gasteiger partial charge in [-0.2, -0.15) is 0 Å². The first-order valence-electron chi connectivity index (χ1n) is 12.0. The van der Waals surface area contributed by atoms with Gasteiger partial charge in [0.2, 0.25) is 0 Å². The SMILES string of the molecule is COc1ccccc1[NH+]1CC[NH+](CC(O)COC(=O)c2ccc(OCCOC(C)C)cc2)CC1. The van der Waals surface area contributed by atoms with Gasteiger partial charge in [-0.1, -0.05) is 12.1 Å². The van der Waals surface area contributed by atoms with E-state index in [0.29, 0.717) is 31.1 Å². The van der Waals surface area contributed by atoms with E-state index < -0.39 is 12.1 Å². The quantitative estimate of drug-likeness (QED) is 0.300. The zero-order valence-electron chi connectivity index (χ0n) is 20.4. The molecule has 3 rings (SSSR count). The van der Waals surface area contributed by atoms with Gasteiger partial charge in [0, 0.05) is 6.07 Å². The fourth-order valence-corrected chi connectivity index (χ4v) is 4.09. The highest BCUT2D eigenvalue weighted by atomic mass is 16.5. The van der Waals surface area contributed by atoms with Gasteiger partial charge in [0.15, 0.2) is 11.4 Å². The van der Waals surface area contributed by atoms with Crippen LogP contribution in [0.5, 0.6) is 11.5 Å². The van der Waals surface area contributed by atoms with Crippen LogP contribution in [0.1, 0.15) is 24.2 Å². The van der Waals surface area contributed by atoms with E-state index in [4.69, 9.17) is 18.9 Å². The van der Waals surface area contributed by atoms with Gasteiger partial charge in [0.25, 0.3) is 0 Å². The fraction of sp³-hybridized carbons (Fsp3) is 0.500. The molecule has 3 N–H and O–H groups in total. The summed E-state index contributed by atoms with van der Waals surface area (Å²) in [6, 6.07) is 14.9. The molecule has 0 amide bonds. The number of rotatable bonds is 12. The molecule has 1 heterocycles. The Kier molecular flexibility index (Phi) is 10.2. The number of nitrogens with one attached hydrogen (secondary N) is 2.